The predicted octanol–water partition coefficient (Wildman–Crippen LogP) is 5.41. The van der Waals surface area contributed by atoms with E-state index in [2.05, 4.69) is 26.8 Å². The lowest BCUT2D eigenvalue weighted by Gasteiger charge is -2.68. The van der Waals surface area contributed by atoms with E-state index < -0.39 is 22.7 Å². The van der Waals surface area contributed by atoms with Crippen molar-refractivity contribution in [3.63, 3.8) is 0 Å². The fraction of sp³-hybridized carbons (Fsp3) is 0.633. The van der Waals surface area contributed by atoms with Crippen LogP contribution >= 0.6 is 0 Å². The number of carboxylic acids is 1. The molecule has 6 nitrogen and oxygen atoms in total. The Balaban J connectivity index is 1.49. The summed E-state index contributed by atoms with van der Waals surface area (Å²) in [6.07, 6.45) is 7.35. The Hall–Kier alpha value is -2.63. The van der Waals surface area contributed by atoms with Crippen LogP contribution in [-0.2, 0) is 14.4 Å². The molecule has 6 heteroatoms. The largest absolute Gasteiger partial charge is 0.508 e. The minimum absolute atomic E-state index is 0.00836. The number of benzene rings is 1. The minimum atomic E-state index is -0.747. The molecular formula is C30H37NO5. The molecule has 3 saturated carbocycles. The number of phenolic OH excluding ortho intramolecular Hbond substituents is 1. The monoisotopic (exact) mass is 491 g/mol. The molecule has 5 aliphatic carbocycles. The Morgan fingerprint density at radius 1 is 1.03 bits per heavy atom. The highest BCUT2D eigenvalue weighted by Crippen LogP contribution is 2.74. The number of allylic oxidation sites excluding steroid dienone is 2. The van der Waals surface area contributed by atoms with E-state index >= 15 is 0 Å². The van der Waals surface area contributed by atoms with Crippen LogP contribution in [0.3, 0.4) is 0 Å². The van der Waals surface area contributed by atoms with Crippen LogP contribution in [0.5, 0.6) is 5.75 Å². The molecule has 7 rings (SSSR count). The number of aromatic hydroxyl groups is 1. The zero-order valence-electron chi connectivity index (χ0n) is 21.7. The molecular weight excluding hydrogens is 454 g/mol. The van der Waals surface area contributed by atoms with Gasteiger partial charge in [0.15, 0.2) is 0 Å². The second-order valence-corrected chi connectivity index (χ2v) is 13.0. The number of amides is 2. The number of hydrogen-bond acceptors (Lipinski definition) is 4. The van der Waals surface area contributed by atoms with Crippen LogP contribution in [-0.4, -0.2) is 28.0 Å². The van der Waals surface area contributed by atoms with E-state index in [0.717, 1.165) is 32.1 Å². The predicted molar refractivity (Wildman–Crippen MR) is 135 cm³/mol. The number of fused-ring (bicyclic) bond motifs is 1. The van der Waals surface area contributed by atoms with Gasteiger partial charge in [0.05, 0.1) is 22.9 Å². The molecule has 1 aromatic rings. The van der Waals surface area contributed by atoms with Crippen molar-refractivity contribution in [1.29, 1.82) is 0 Å². The van der Waals surface area contributed by atoms with Crippen LogP contribution in [0.2, 0.25) is 0 Å². The van der Waals surface area contributed by atoms with Crippen LogP contribution in [0.1, 0.15) is 66.2 Å². The number of carbonyl (C=O) groups excluding carboxylic acids is 2. The van der Waals surface area contributed by atoms with E-state index in [9.17, 15) is 24.6 Å². The molecule has 36 heavy (non-hydrogen) atoms. The summed E-state index contributed by atoms with van der Waals surface area (Å²) in [7, 11) is 0. The van der Waals surface area contributed by atoms with E-state index in [1.165, 1.54) is 22.6 Å². The maximum atomic E-state index is 14.2. The van der Waals surface area contributed by atoms with Crippen LogP contribution < -0.4 is 4.90 Å². The number of aliphatic carboxylic acids is 1. The van der Waals surface area contributed by atoms with Crippen molar-refractivity contribution >= 4 is 23.5 Å². The lowest BCUT2D eigenvalue weighted by atomic mass is 9.34. The number of hydrogen-bond donors (Lipinski definition) is 2. The van der Waals surface area contributed by atoms with Crippen molar-refractivity contribution in [2.45, 2.75) is 66.2 Å². The first kappa shape index (κ1) is 23.7. The van der Waals surface area contributed by atoms with E-state index in [1.54, 1.807) is 12.1 Å². The normalized spacial score (nSPS) is 43.2. The highest BCUT2D eigenvalue weighted by molar-refractivity contribution is 6.23. The summed E-state index contributed by atoms with van der Waals surface area (Å²) < 4.78 is 0. The van der Waals surface area contributed by atoms with Crippen molar-refractivity contribution in [2.24, 2.45) is 51.8 Å². The van der Waals surface area contributed by atoms with E-state index in [1.807, 2.05) is 6.92 Å². The van der Waals surface area contributed by atoms with Gasteiger partial charge in [0, 0.05) is 5.41 Å². The molecule has 4 fully saturated rings. The summed E-state index contributed by atoms with van der Waals surface area (Å²) in [5.74, 6) is -1.04. The van der Waals surface area contributed by atoms with Gasteiger partial charge in [-0.05, 0) is 92.4 Å². The van der Waals surface area contributed by atoms with Crippen molar-refractivity contribution in [1.82, 2.24) is 0 Å². The van der Waals surface area contributed by atoms with Crippen molar-refractivity contribution < 1.29 is 24.6 Å². The van der Waals surface area contributed by atoms with Crippen LogP contribution in [0.4, 0.5) is 5.69 Å². The average Bonchev–Trinajstić information content (AvgIpc) is 3.11. The third-order valence-corrected chi connectivity index (χ3v) is 11.3. The minimum Gasteiger partial charge on any atom is -0.508 e. The lowest BCUT2D eigenvalue weighted by molar-refractivity contribution is -0.194. The molecule has 2 bridgehead atoms. The first-order valence-electron chi connectivity index (χ1n) is 13.6. The highest BCUT2D eigenvalue weighted by Gasteiger charge is 2.73. The maximum Gasteiger partial charge on any atom is 0.309 e. The third-order valence-electron chi connectivity index (χ3n) is 11.3. The zero-order valence-corrected chi connectivity index (χ0v) is 21.7. The SMILES string of the molecule is CC(C)C1=C[C@]23CC[C@@H]4[C@](C)(CCC[C@@]4(C)C(=O)O)[C@@H]2C[C@H]1[C@H]1C(=O)N(c2ccc(O)cc2)C(=O)[C@H]13. The second kappa shape index (κ2) is 7.45. The first-order valence-corrected chi connectivity index (χ1v) is 13.6. The summed E-state index contributed by atoms with van der Waals surface area (Å²) in [6.45, 7) is 8.59. The number of anilines is 1. The summed E-state index contributed by atoms with van der Waals surface area (Å²) in [4.78, 5) is 42.0. The van der Waals surface area contributed by atoms with Gasteiger partial charge in [-0.3, -0.25) is 19.3 Å². The summed E-state index contributed by atoms with van der Waals surface area (Å²) >= 11 is 0. The molecule has 0 unspecified atom stereocenters. The first-order chi connectivity index (χ1) is 17.0. The maximum absolute atomic E-state index is 14.2. The van der Waals surface area contributed by atoms with E-state index in [4.69, 9.17) is 0 Å². The van der Waals surface area contributed by atoms with Crippen LogP contribution in [0.15, 0.2) is 35.9 Å². The number of phenols is 1. The fourth-order valence-electron chi connectivity index (χ4n) is 9.81. The number of carboxylic acid groups (broad SMARTS) is 1. The molecule has 1 spiro atoms. The van der Waals surface area contributed by atoms with Crippen molar-refractivity contribution in [3.8, 4) is 5.75 Å². The van der Waals surface area contributed by atoms with E-state index in [-0.39, 0.29) is 46.7 Å². The Bertz CT molecular complexity index is 1190. The highest BCUT2D eigenvalue weighted by atomic mass is 16.4. The topological polar surface area (TPSA) is 94.9 Å². The molecule has 1 heterocycles. The number of rotatable bonds is 3. The standard InChI is InChI=1S/C30H37NO5/c1-16(2)20-15-30-13-10-21-28(3,11-5-12-29(21,4)27(35)36)22(30)14-19(20)23-24(30)26(34)31(25(23)33)17-6-8-18(32)9-7-17/h6-9,15-16,19,21-24,32H,5,10-14H2,1-4H3,(H,35,36)/t19-,21-,22+,23-,24+,28+,29-,30-/m1/s1. The molecule has 2 N–H and O–H groups in total. The smallest absolute Gasteiger partial charge is 0.309 e. The Morgan fingerprint density at radius 3 is 2.36 bits per heavy atom. The molecule has 2 amide bonds. The lowest BCUT2D eigenvalue weighted by Crippen LogP contribution is -2.65. The van der Waals surface area contributed by atoms with Crippen LogP contribution in [0, 0.1) is 51.8 Å². The van der Waals surface area contributed by atoms with Gasteiger partial charge in [-0.1, -0.05) is 38.8 Å². The van der Waals surface area contributed by atoms with Gasteiger partial charge in [0.25, 0.3) is 0 Å². The number of nitrogens with zero attached hydrogens (tertiary/aromatic N) is 1. The van der Waals surface area contributed by atoms with Gasteiger partial charge in [-0.2, -0.15) is 0 Å². The van der Waals surface area contributed by atoms with Crippen LogP contribution in [0.25, 0.3) is 0 Å². The van der Waals surface area contributed by atoms with Gasteiger partial charge < -0.3 is 10.2 Å². The molecule has 0 aromatic heterocycles. The summed E-state index contributed by atoms with van der Waals surface area (Å²) in [6, 6.07) is 6.33. The van der Waals surface area contributed by atoms with Gasteiger partial charge in [0.2, 0.25) is 11.8 Å². The van der Waals surface area contributed by atoms with Crippen molar-refractivity contribution in [2.75, 3.05) is 4.90 Å². The molecule has 0 radical (unpaired) electrons. The van der Waals surface area contributed by atoms with Gasteiger partial charge in [-0.25, -0.2) is 0 Å². The number of imide groups is 1. The molecule has 1 aliphatic heterocycles. The fourth-order valence-corrected chi connectivity index (χ4v) is 9.81. The van der Waals surface area contributed by atoms with Gasteiger partial charge in [0.1, 0.15) is 5.75 Å². The summed E-state index contributed by atoms with van der Waals surface area (Å²) in [5.41, 5.74) is 0.482. The van der Waals surface area contributed by atoms with Crippen molar-refractivity contribution in [3.05, 3.63) is 35.9 Å². The average molecular weight is 492 g/mol. The molecule has 6 aliphatic rings. The van der Waals surface area contributed by atoms with Gasteiger partial charge in [-0.15, -0.1) is 0 Å². The molecule has 1 saturated heterocycles. The van der Waals surface area contributed by atoms with Gasteiger partial charge >= 0.3 is 5.97 Å². The molecule has 192 valence electrons. The summed E-state index contributed by atoms with van der Waals surface area (Å²) in [5, 5.41) is 20.0. The Morgan fingerprint density at radius 2 is 1.72 bits per heavy atom. The zero-order chi connectivity index (χ0) is 25.8. The Kier molecular flexibility index (Phi) is 4.92. The Labute approximate surface area is 212 Å². The van der Waals surface area contributed by atoms with E-state index in [0.29, 0.717) is 18.0 Å². The third kappa shape index (κ3) is 2.76. The molecule has 8 atom stereocenters. The molecule has 1 aromatic carbocycles. The second-order valence-electron chi connectivity index (χ2n) is 13.0. The quantitative estimate of drug-likeness (QED) is 0.436. The number of carbonyl (C=O) groups is 3.